The van der Waals surface area contributed by atoms with Crippen molar-refractivity contribution in [1.29, 1.82) is 0 Å². The third kappa shape index (κ3) is 6.79. The van der Waals surface area contributed by atoms with Crippen molar-refractivity contribution in [2.45, 2.75) is 46.1 Å². The maximum absolute atomic E-state index is 13.3. The van der Waals surface area contributed by atoms with E-state index in [0.29, 0.717) is 57.8 Å². The minimum absolute atomic E-state index is 0.119. The Bertz CT molecular complexity index is 704. The zero-order chi connectivity index (χ0) is 22.1. The normalized spacial score (nSPS) is 15.1. The number of phenolic OH excluding ortho intramolecular Hbond substituents is 2. The van der Waals surface area contributed by atoms with Crippen LogP contribution in [0, 0.1) is 5.92 Å². The van der Waals surface area contributed by atoms with Crippen LogP contribution in [-0.2, 0) is 16.0 Å². The summed E-state index contributed by atoms with van der Waals surface area (Å²) in [4.78, 5) is 29.4. The van der Waals surface area contributed by atoms with Crippen LogP contribution >= 0.6 is 0 Å². The number of para-hydroxylation sites is 1. The van der Waals surface area contributed by atoms with E-state index in [0.717, 1.165) is 6.42 Å². The Morgan fingerprint density at radius 3 is 2.53 bits per heavy atom. The molecule has 3 amide bonds. The summed E-state index contributed by atoms with van der Waals surface area (Å²) in [6, 6.07) is 3.98. The van der Waals surface area contributed by atoms with Crippen molar-refractivity contribution in [3.63, 3.8) is 0 Å². The lowest BCUT2D eigenvalue weighted by molar-refractivity contribution is -0.133. The number of amides is 3. The number of ether oxygens (including phenoxy) is 1. The molecule has 0 aliphatic carbocycles. The Kier molecular flexibility index (Phi) is 9.23. The summed E-state index contributed by atoms with van der Waals surface area (Å²) in [5, 5.41) is 22.7. The Balaban J connectivity index is 2.08. The van der Waals surface area contributed by atoms with E-state index in [-0.39, 0.29) is 29.4 Å². The number of phenols is 2. The number of morpholine rings is 1. The number of aromatic hydroxyl groups is 2. The Morgan fingerprint density at radius 1 is 1.20 bits per heavy atom. The Hall–Kier alpha value is -2.48. The molecule has 2 rings (SSSR count). The van der Waals surface area contributed by atoms with Crippen molar-refractivity contribution >= 4 is 11.9 Å². The van der Waals surface area contributed by atoms with Crippen LogP contribution in [0.1, 0.15) is 39.2 Å². The third-order valence-corrected chi connectivity index (χ3v) is 5.16. The number of rotatable bonds is 9. The van der Waals surface area contributed by atoms with Crippen LogP contribution in [0.5, 0.6) is 11.5 Å². The molecule has 0 saturated carbocycles. The third-order valence-electron chi connectivity index (χ3n) is 5.16. The molecule has 1 saturated heterocycles. The second kappa shape index (κ2) is 11.6. The largest absolute Gasteiger partial charge is 0.504 e. The molecule has 1 aromatic rings. The van der Waals surface area contributed by atoms with Crippen LogP contribution in [0.15, 0.2) is 18.2 Å². The summed E-state index contributed by atoms with van der Waals surface area (Å²) in [6.07, 6.45) is 1.74. The van der Waals surface area contributed by atoms with Gasteiger partial charge in [0.05, 0.1) is 13.2 Å². The van der Waals surface area contributed by atoms with Gasteiger partial charge in [-0.15, -0.1) is 0 Å². The maximum Gasteiger partial charge on any atom is 0.318 e. The van der Waals surface area contributed by atoms with Crippen LogP contribution in [0.25, 0.3) is 0 Å². The van der Waals surface area contributed by atoms with E-state index in [1.54, 1.807) is 21.9 Å². The molecule has 1 atom stereocenters. The summed E-state index contributed by atoms with van der Waals surface area (Å²) in [6.45, 7) is 9.04. The molecular formula is C22H35N3O5. The van der Waals surface area contributed by atoms with E-state index in [2.05, 4.69) is 5.32 Å². The fourth-order valence-corrected chi connectivity index (χ4v) is 3.56. The summed E-state index contributed by atoms with van der Waals surface area (Å²) >= 11 is 0. The van der Waals surface area contributed by atoms with Crippen molar-refractivity contribution < 1.29 is 24.5 Å². The smallest absolute Gasteiger partial charge is 0.318 e. The van der Waals surface area contributed by atoms with E-state index in [4.69, 9.17) is 4.74 Å². The molecule has 168 valence electrons. The fourth-order valence-electron chi connectivity index (χ4n) is 3.56. The van der Waals surface area contributed by atoms with E-state index in [9.17, 15) is 19.8 Å². The first-order valence-electron chi connectivity index (χ1n) is 10.7. The minimum Gasteiger partial charge on any atom is -0.504 e. The zero-order valence-electron chi connectivity index (χ0n) is 18.3. The number of hydrogen-bond acceptors (Lipinski definition) is 5. The van der Waals surface area contributed by atoms with E-state index in [1.807, 2.05) is 20.8 Å². The lowest BCUT2D eigenvalue weighted by Crippen LogP contribution is -2.54. The molecule has 0 aromatic heterocycles. The number of carbonyl (C=O) groups is 2. The number of nitrogens with one attached hydrogen (secondary N) is 1. The van der Waals surface area contributed by atoms with Gasteiger partial charge < -0.3 is 30.1 Å². The first-order chi connectivity index (χ1) is 14.3. The molecular weight excluding hydrogens is 386 g/mol. The van der Waals surface area contributed by atoms with Crippen LogP contribution in [0.3, 0.4) is 0 Å². The summed E-state index contributed by atoms with van der Waals surface area (Å²) in [5.41, 5.74) is 0.585. The molecule has 8 nitrogen and oxygen atoms in total. The topological polar surface area (TPSA) is 102 Å². The van der Waals surface area contributed by atoms with Crippen LogP contribution < -0.4 is 5.32 Å². The molecule has 0 radical (unpaired) electrons. The van der Waals surface area contributed by atoms with E-state index in [1.165, 1.54) is 6.07 Å². The predicted octanol–water partition coefficient (Wildman–Crippen LogP) is 2.34. The summed E-state index contributed by atoms with van der Waals surface area (Å²) < 4.78 is 5.29. The van der Waals surface area contributed by atoms with Gasteiger partial charge >= 0.3 is 6.03 Å². The highest BCUT2D eigenvalue weighted by Crippen LogP contribution is 2.28. The van der Waals surface area contributed by atoms with Gasteiger partial charge in [0.2, 0.25) is 5.91 Å². The minimum atomic E-state index is -0.607. The zero-order valence-corrected chi connectivity index (χ0v) is 18.3. The van der Waals surface area contributed by atoms with Gasteiger partial charge in [0.15, 0.2) is 11.5 Å². The van der Waals surface area contributed by atoms with Gasteiger partial charge in [0, 0.05) is 26.2 Å². The number of nitrogens with zero attached hydrogens (tertiary/aromatic N) is 2. The first kappa shape index (κ1) is 23.8. The van der Waals surface area contributed by atoms with Gasteiger partial charge in [-0.05, 0) is 36.8 Å². The molecule has 1 aliphatic heterocycles. The Labute approximate surface area is 178 Å². The molecule has 1 aromatic carbocycles. The lowest BCUT2D eigenvalue weighted by Gasteiger charge is -2.32. The van der Waals surface area contributed by atoms with Crippen molar-refractivity contribution in [2.75, 3.05) is 39.4 Å². The van der Waals surface area contributed by atoms with E-state index < -0.39 is 6.04 Å². The number of urea groups is 1. The molecule has 1 aliphatic rings. The van der Waals surface area contributed by atoms with Crippen LogP contribution in [0.2, 0.25) is 0 Å². The van der Waals surface area contributed by atoms with Crippen molar-refractivity contribution in [3.8, 4) is 11.5 Å². The molecule has 1 heterocycles. The Morgan fingerprint density at radius 2 is 1.90 bits per heavy atom. The second-order valence-corrected chi connectivity index (χ2v) is 8.09. The fraction of sp³-hybridized carbons (Fsp3) is 0.636. The predicted molar refractivity (Wildman–Crippen MR) is 115 cm³/mol. The highest BCUT2D eigenvalue weighted by atomic mass is 16.5. The average Bonchev–Trinajstić information content (AvgIpc) is 2.73. The maximum atomic E-state index is 13.3. The molecule has 0 bridgehead atoms. The van der Waals surface area contributed by atoms with Gasteiger partial charge in [-0.3, -0.25) is 4.79 Å². The molecule has 3 N–H and O–H groups in total. The highest BCUT2D eigenvalue weighted by molar-refractivity contribution is 5.87. The second-order valence-electron chi connectivity index (χ2n) is 8.09. The standard InChI is InChI=1S/C22H35N3O5/c1-4-9-24(10-8-17-6-5-7-19(26)20(17)27)21(28)18(15-16(2)3)23-22(29)25-11-13-30-14-12-25/h5-7,16,18,26-27H,4,8-15H2,1-3H3,(H,23,29)/t18-/m0/s1. The van der Waals surface area contributed by atoms with Crippen LogP contribution in [-0.4, -0.2) is 77.4 Å². The first-order valence-corrected chi connectivity index (χ1v) is 10.7. The summed E-state index contributed by atoms with van der Waals surface area (Å²) in [7, 11) is 0. The van der Waals surface area contributed by atoms with Gasteiger partial charge in [-0.2, -0.15) is 0 Å². The number of benzene rings is 1. The van der Waals surface area contributed by atoms with Crippen LogP contribution in [0.4, 0.5) is 4.79 Å². The summed E-state index contributed by atoms with van der Waals surface area (Å²) in [5.74, 6) is -0.202. The quantitative estimate of drug-likeness (QED) is 0.531. The van der Waals surface area contributed by atoms with Crippen molar-refractivity contribution in [3.05, 3.63) is 23.8 Å². The van der Waals surface area contributed by atoms with Gasteiger partial charge in [-0.25, -0.2) is 4.79 Å². The van der Waals surface area contributed by atoms with E-state index >= 15 is 0 Å². The molecule has 0 unspecified atom stereocenters. The number of carbonyl (C=O) groups excluding carboxylic acids is 2. The highest BCUT2D eigenvalue weighted by Gasteiger charge is 2.28. The molecule has 30 heavy (non-hydrogen) atoms. The van der Waals surface area contributed by atoms with Gasteiger partial charge in [0.25, 0.3) is 0 Å². The van der Waals surface area contributed by atoms with Crippen molar-refractivity contribution in [2.24, 2.45) is 5.92 Å². The van der Waals surface area contributed by atoms with Gasteiger partial charge in [-0.1, -0.05) is 32.9 Å². The van der Waals surface area contributed by atoms with Gasteiger partial charge in [0.1, 0.15) is 6.04 Å². The molecule has 0 spiro atoms. The number of hydrogen-bond donors (Lipinski definition) is 3. The van der Waals surface area contributed by atoms with Crippen molar-refractivity contribution in [1.82, 2.24) is 15.1 Å². The lowest BCUT2D eigenvalue weighted by atomic mass is 10.0. The SMILES string of the molecule is CCCN(CCc1cccc(O)c1O)C(=O)[C@H](CC(C)C)NC(=O)N1CCOCC1. The monoisotopic (exact) mass is 421 g/mol. The average molecular weight is 422 g/mol. The molecule has 8 heteroatoms. The molecule has 1 fully saturated rings.